The number of ketones is 1. The Morgan fingerprint density at radius 3 is 2.57 bits per heavy atom. The minimum Gasteiger partial charge on any atom is -0.495 e. The van der Waals surface area contributed by atoms with E-state index in [9.17, 15) is 9.59 Å². The quantitative estimate of drug-likeness (QED) is 0.326. The molecule has 1 aromatic carbocycles. The molecule has 1 amide bonds. The van der Waals surface area contributed by atoms with Crippen LogP contribution in [0.25, 0.3) is 10.2 Å². The summed E-state index contributed by atoms with van der Waals surface area (Å²) in [5, 5.41) is 7.00. The van der Waals surface area contributed by atoms with E-state index in [2.05, 4.69) is 27.2 Å². The zero-order valence-electron chi connectivity index (χ0n) is 18.9. The number of methoxy groups -OCH3 is 2. The van der Waals surface area contributed by atoms with Crippen LogP contribution >= 0.6 is 34.5 Å². The zero-order valence-corrected chi connectivity index (χ0v) is 21.2. The molecular weight excluding hydrogens is 515 g/mol. The van der Waals surface area contributed by atoms with Crippen LogP contribution in [0.3, 0.4) is 0 Å². The van der Waals surface area contributed by atoms with Gasteiger partial charge in [-0.15, -0.1) is 11.3 Å². The monoisotopic (exact) mass is 536 g/mol. The molecule has 3 heterocycles. The summed E-state index contributed by atoms with van der Waals surface area (Å²) in [6.07, 6.45) is 3.49. The van der Waals surface area contributed by atoms with Gasteiger partial charge in [0.1, 0.15) is 16.3 Å². The molecule has 0 bridgehead atoms. The van der Waals surface area contributed by atoms with E-state index < -0.39 is 0 Å². The fraction of sp³-hybridized carbons (Fsp3) is 0.304. The van der Waals surface area contributed by atoms with Crippen LogP contribution in [-0.4, -0.2) is 61.2 Å². The Morgan fingerprint density at radius 1 is 1.20 bits per heavy atom. The third-order valence-electron chi connectivity index (χ3n) is 5.48. The molecule has 2 unspecified atom stereocenters. The second kappa shape index (κ2) is 10.8. The standard InChI is InChI=1S/C23H22Cl2N4O5S/c1-4-17(30)27-12-5-6-34-10-13(12)28-23-26-9-11-7-16(35-22(11)29-23)21(31)18-19(24)14(32-2)8-15(33-3)20(18)25/h4,7-9,12-13H,1,5-6,10H2,2-3H3,(H,27,30)(H,26,28,29). The van der Waals surface area contributed by atoms with E-state index in [1.165, 1.54) is 37.7 Å². The SMILES string of the molecule is C=CC(=O)NC1CCOCC1Nc1ncc2cc(C(=O)c3c(Cl)c(OC)cc(OC)c3Cl)sc2n1. The maximum Gasteiger partial charge on any atom is 0.243 e. The van der Waals surface area contributed by atoms with Gasteiger partial charge in [-0.25, -0.2) is 9.97 Å². The number of anilines is 1. The van der Waals surface area contributed by atoms with Crippen LogP contribution in [0.5, 0.6) is 11.5 Å². The van der Waals surface area contributed by atoms with Gasteiger partial charge in [-0.2, -0.15) is 0 Å². The summed E-state index contributed by atoms with van der Waals surface area (Å²) >= 11 is 14.0. The van der Waals surface area contributed by atoms with E-state index in [1.54, 1.807) is 12.3 Å². The first-order valence-corrected chi connectivity index (χ1v) is 12.1. The number of fused-ring (bicyclic) bond motifs is 1. The van der Waals surface area contributed by atoms with Crippen LogP contribution in [0.4, 0.5) is 5.95 Å². The van der Waals surface area contributed by atoms with Crippen molar-refractivity contribution in [1.29, 1.82) is 0 Å². The van der Waals surface area contributed by atoms with Gasteiger partial charge in [0, 0.05) is 24.3 Å². The van der Waals surface area contributed by atoms with Crippen LogP contribution in [0.1, 0.15) is 21.7 Å². The molecule has 0 saturated carbocycles. The Hall–Kier alpha value is -2.92. The number of amides is 1. The number of benzene rings is 1. The van der Waals surface area contributed by atoms with E-state index in [0.29, 0.717) is 40.7 Å². The van der Waals surface area contributed by atoms with Crippen molar-refractivity contribution in [3.8, 4) is 11.5 Å². The molecule has 12 heteroatoms. The maximum absolute atomic E-state index is 13.4. The highest BCUT2D eigenvalue weighted by Crippen LogP contribution is 2.42. The summed E-state index contributed by atoms with van der Waals surface area (Å²) in [5.74, 6) is 0.259. The van der Waals surface area contributed by atoms with Crippen LogP contribution in [-0.2, 0) is 9.53 Å². The first-order chi connectivity index (χ1) is 16.9. The zero-order chi connectivity index (χ0) is 25.1. The fourth-order valence-corrected chi connectivity index (χ4v) is 5.30. The fourth-order valence-electron chi connectivity index (χ4n) is 3.68. The van der Waals surface area contributed by atoms with Crippen molar-refractivity contribution in [2.24, 2.45) is 0 Å². The molecule has 2 N–H and O–H groups in total. The normalized spacial score (nSPS) is 17.6. The average molecular weight is 537 g/mol. The van der Waals surface area contributed by atoms with Crippen molar-refractivity contribution in [2.75, 3.05) is 32.8 Å². The summed E-state index contributed by atoms with van der Waals surface area (Å²) < 4.78 is 16.1. The number of rotatable bonds is 8. The number of nitrogens with one attached hydrogen (secondary N) is 2. The number of thiophene rings is 1. The van der Waals surface area contributed by atoms with Crippen LogP contribution in [0.15, 0.2) is 31.0 Å². The molecule has 0 spiro atoms. The Kier molecular flexibility index (Phi) is 7.75. The molecule has 0 aliphatic carbocycles. The highest BCUT2D eigenvalue weighted by Gasteiger charge is 2.28. The molecule has 0 radical (unpaired) electrons. The van der Waals surface area contributed by atoms with Crippen molar-refractivity contribution in [3.05, 3.63) is 51.5 Å². The van der Waals surface area contributed by atoms with Gasteiger partial charge in [0.05, 0.1) is 53.4 Å². The second-order valence-electron chi connectivity index (χ2n) is 7.61. The molecule has 184 valence electrons. The van der Waals surface area contributed by atoms with Gasteiger partial charge in [-0.3, -0.25) is 9.59 Å². The Morgan fingerprint density at radius 2 is 1.91 bits per heavy atom. The van der Waals surface area contributed by atoms with Crippen molar-refractivity contribution in [3.63, 3.8) is 0 Å². The van der Waals surface area contributed by atoms with Gasteiger partial charge in [0.2, 0.25) is 17.6 Å². The summed E-state index contributed by atoms with van der Waals surface area (Å²) in [7, 11) is 2.88. The molecule has 9 nitrogen and oxygen atoms in total. The average Bonchev–Trinajstić information content (AvgIpc) is 3.29. The van der Waals surface area contributed by atoms with Crippen molar-refractivity contribution < 1.29 is 23.8 Å². The van der Waals surface area contributed by atoms with E-state index in [4.69, 9.17) is 37.4 Å². The van der Waals surface area contributed by atoms with E-state index >= 15 is 0 Å². The lowest BCUT2D eigenvalue weighted by molar-refractivity contribution is -0.117. The summed E-state index contributed by atoms with van der Waals surface area (Å²) in [4.78, 5) is 35.0. The molecule has 1 fully saturated rings. The van der Waals surface area contributed by atoms with Gasteiger partial charge >= 0.3 is 0 Å². The van der Waals surface area contributed by atoms with Gasteiger partial charge in [-0.1, -0.05) is 29.8 Å². The first kappa shape index (κ1) is 25.2. The van der Waals surface area contributed by atoms with Crippen molar-refractivity contribution in [1.82, 2.24) is 15.3 Å². The lowest BCUT2D eigenvalue weighted by Gasteiger charge is -2.32. The number of hydrogen-bond donors (Lipinski definition) is 2. The summed E-state index contributed by atoms with van der Waals surface area (Å²) in [6.45, 7) is 4.41. The van der Waals surface area contributed by atoms with Crippen LogP contribution < -0.4 is 20.1 Å². The lowest BCUT2D eigenvalue weighted by Crippen LogP contribution is -2.52. The number of nitrogens with zero attached hydrogens (tertiary/aromatic N) is 2. The third-order valence-corrected chi connectivity index (χ3v) is 7.28. The smallest absolute Gasteiger partial charge is 0.243 e. The van der Waals surface area contributed by atoms with Gasteiger partial charge in [0.25, 0.3) is 0 Å². The number of hydrogen-bond acceptors (Lipinski definition) is 9. The van der Waals surface area contributed by atoms with Crippen LogP contribution in [0.2, 0.25) is 10.0 Å². The number of carbonyl (C=O) groups excluding carboxylic acids is 2. The Labute approximate surface area is 215 Å². The number of carbonyl (C=O) groups is 2. The molecule has 1 aliphatic heterocycles. The molecule has 2 aromatic heterocycles. The minimum absolute atomic E-state index is 0.0857. The Balaban J connectivity index is 1.62. The first-order valence-electron chi connectivity index (χ1n) is 10.5. The lowest BCUT2D eigenvalue weighted by atomic mass is 10.0. The largest absolute Gasteiger partial charge is 0.495 e. The van der Waals surface area contributed by atoms with E-state index in [-0.39, 0.29) is 50.9 Å². The molecule has 1 aliphatic rings. The highest BCUT2D eigenvalue weighted by atomic mass is 35.5. The van der Waals surface area contributed by atoms with Crippen molar-refractivity contribution in [2.45, 2.75) is 18.5 Å². The number of halogens is 2. The van der Waals surface area contributed by atoms with Gasteiger partial charge in [-0.05, 0) is 18.6 Å². The van der Waals surface area contributed by atoms with Gasteiger partial charge in [0.15, 0.2) is 0 Å². The molecular formula is C23H22Cl2N4O5S. The predicted octanol–water partition coefficient (Wildman–Crippen LogP) is 4.12. The minimum atomic E-state index is -0.386. The third kappa shape index (κ3) is 5.20. The molecule has 4 rings (SSSR count). The van der Waals surface area contributed by atoms with Crippen molar-refractivity contribution >= 4 is 62.4 Å². The van der Waals surface area contributed by atoms with E-state index in [0.717, 1.165) is 0 Å². The summed E-state index contributed by atoms with van der Waals surface area (Å²) in [5.41, 5.74) is 0.0857. The Bertz CT molecular complexity index is 1270. The number of ether oxygens (including phenoxy) is 3. The molecule has 1 saturated heterocycles. The second-order valence-corrected chi connectivity index (χ2v) is 9.40. The topological polar surface area (TPSA) is 112 Å². The maximum atomic E-state index is 13.4. The molecule has 3 aromatic rings. The highest BCUT2D eigenvalue weighted by molar-refractivity contribution is 7.20. The number of aromatic nitrogens is 2. The molecule has 35 heavy (non-hydrogen) atoms. The van der Waals surface area contributed by atoms with Crippen LogP contribution in [0, 0.1) is 0 Å². The summed E-state index contributed by atoms with van der Waals surface area (Å²) in [6, 6.07) is 2.81. The van der Waals surface area contributed by atoms with Gasteiger partial charge < -0.3 is 24.8 Å². The predicted molar refractivity (Wildman–Crippen MR) is 135 cm³/mol. The molecule has 2 atom stereocenters. The van der Waals surface area contributed by atoms with E-state index in [1.807, 2.05) is 0 Å².